The van der Waals surface area contributed by atoms with Crippen molar-refractivity contribution in [3.05, 3.63) is 89.7 Å². The second kappa shape index (κ2) is 9.67. The first kappa shape index (κ1) is 23.0. The number of carbonyl (C=O) groups is 1. The third-order valence-electron chi connectivity index (χ3n) is 4.35. The summed E-state index contributed by atoms with van der Waals surface area (Å²) in [7, 11) is -3.51. The van der Waals surface area contributed by atoms with Crippen molar-refractivity contribution >= 4 is 38.8 Å². The number of carbonyl (C=O) groups excluding carboxylic acids is 1. The van der Waals surface area contributed by atoms with Gasteiger partial charge < -0.3 is 10.6 Å². The zero-order chi connectivity index (χ0) is 23.3. The van der Waals surface area contributed by atoms with E-state index in [1.165, 1.54) is 24.3 Å². The van der Waals surface area contributed by atoms with Crippen molar-refractivity contribution in [2.24, 2.45) is 5.73 Å². The zero-order valence-corrected chi connectivity index (χ0v) is 18.7. The highest BCUT2D eigenvalue weighted by molar-refractivity contribution is 7.90. The molecule has 10 heteroatoms. The van der Waals surface area contributed by atoms with Crippen molar-refractivity contribution in [3.63, 3.8) is 0 Å². The Hall–Kier alpha value is -3.63. The Labute approximate surface area is 191 Å². The van der Waals surface area contributed by atoms with E-state index in [1.807, 2.05) is 18.2 Å². The van der Waals surface area contributed by atoms with E-state index in [-0.39, 0.29) is 16.2 Å². The van der Waals surface area contributed by atoms with Crippen LogP contribution in [0.3, 0.4) is 0 Å². The molecular weight excluding hydrogens is 448 g/mol. The molecule has 0 spiro atoms. The minimum absolute atomic E-state index is 0.0104. The number of hydroxylamine groups is 2. The molecule has 1 amide bonds. The van der Waals surface area contributed by atoms with Gasteiger partial charge in [0.1, 0.15) is 0 Å². The summed E-state index contributed by atoms with van der Waals surface area (Å²) in [6.45, 7) is 0. The van der Waals surface area contributed by atoms with Crippen LogP contribution in [0.5, 0.6) is 5.75 Å². The van der Waals surface area contributed by atoms with Crippen molar-refractivity contribution in [3.8, 4) is 5.75 Å². The molecule has 0 aliphatic heterocycles. The molecule has 0 radical (unpaired) electrons. The highest BCUT2D eigenvalue weighted by atomic mass is 32.2. The highest BCUT2D eigenvalue weighted by Gasteiger charge is 2.22. The van der Waals surface area contributed by atoms with E-state index in [0.29, 0.717) is 16.3 Å². The maximum absolute atomic E-state index is 12.8. The zero-order valence-electron chi connectivity index (χ0n) is 17.1. The van der Waals surface area contributed by atoms with Gasteiger partial charge in [-0.25, -0.2) is 8.42 Å². The van der Waals surface area contributed by atoms with E-state index in [9.17, 15) is 13.2 Å². The van der Waals surface area contributed by atoms with Crippen molar-refractivity contribution in [2.45, 2.75) is 11.3 Å². The summed E-state index contributed by atoms with van der Waals surface area (Å²) in [4.78, 5) is 23.2. The second-order valence-electron chi connectivity index (χ2n) is 6.82. The van der Waals surface area contributed by atoms with Crippen LogP contribution in [0.2, 0.25) is 0 Å². The summed E-state index contributed by atoms with van der Waals surface area (Å²) in [5, 5.41) is 8.29. The largest absolute Gasteiger partial charge is 0.369 e. The lowest BCUT2D eigenvalue weighted by molar-refractivity contribution is 0.0153. The van der Waals surface area contributed by atoms with Gasteiger partial charge in [-0.1, -0.05) is 36.5 Å². The summed E-state index contributed by atoms with van der Waals surface area (Å²) in [5.74, 6) is -1.19. The first-order valence-electron chi connectivity index (χ1n) is 9.35. The number of nitrogens with one attached hydrogen (secondary N) is 1. The Kier molecular flexibility index (Phi) is 6.96. The van der Waals surface area contributed by atoms with Gasteiger partial charge in [0.15, 0.2) is 15.6 Å². The molecule has 0 atom stereocenters. The Morgan fingerprint density at radius 1 is 1.09 bits per heavy atom. The Bertz CT molecular complexity index is 1260. The van der Waals surface area contributed by atoms with Crippen LogP contribution < -0.4 is 10.6 Å². The number of guanidine groups is 1. The number of sulfone groups is 1. The lowest BCUT2D eigenvalue weighted by atomic mass is 10.1. The smallest absolute Gasteiger partial charge is 0.294 e. The van der Waals surface area contributed by atoms with Gasteiger partial charge in [-0.3, -0.25) is 15.2 Å². The predicted molar refractivity (Wildman–Crippen MR) is 124 cm³/mol. The van der Waals surface area contributed by atoms with E-state index in [0.717, 1.165) is 17.5 Å². The highest BCUT2D eigenvalue weighted by Crippen LogP contribution is 2.18. The molecule has 1 aromatic heterocycles. The lowest BCUT2D eigenvalue weighted by Gasteiger charge is -2.20. The van der Waals surface area contributed by atoms with Crippen LogP contribution >= 0.6 is 12.2 Å². The normalized spacial score (nSPS) is 10.9. The number of hydrogen-bond acceptors (Lipinski definition) is 7. The maximum atomic E-state index is 12.8. The van der Waals surface area contributed by atoms with E-state index < -0.39 is 21.7 Å². The minimum Gasteiger partial charge on any atom is -0.369 e. The van der Waals surface area contributed by atoms with E-state index in [4.69, 9.17) is 28.2 Å². The number of aromatic nitrogens is 1. The quantitative estimate of drug-likeness (QED) is 0.179. The molecule has 3 rings (SSSR count). The van der Waals surface area contributed by atoms with Crippen molar-refractivity contribution in [2.75, 3.05) is 6.26 Å². The van der Waals surface area contributed by atoms with Gasteiger partial charge in [0.05, 0.1) is 4.90 Å². The van der Waals surface area contributed by atoms with Gasteiger partial charge in [0.25, 0.3) is 5.91 Å². The minimum atomic E-state index is -3.51. The van der Waals surface area contributed by atoms with Crippen molar-refractivity contribution in [1.82, 2.24) is 10.0 Å². The fourth-order valence-electron chi connectivity index (χ4n) is 2.75. The molecule has 0 bridgehead atoms. The summed E-state index contributed by atoms with van der Waals surface area (Å²) in [5.41, 5.74) is 7.18. The van der Waals surface area contributed by atoms with E-state index >= 15 is 0 Å². The van der Waals surface area contributed by atoms with Gasteiger partial charge in [-0.15, -0.1) is 5.06 Å². The van der Waals surface area contributed by atoms with E-state index in [2.05, 4.69) is 4.98 Å². The van der Waals surface area contributed by atoms with Gasteiger partial charge in [0, 0.05) is 35.0 Å². The van der Waals surface area contributed by atoms with Crippen LogP contribution in [-0.4, -0.2) is 41.5 Å². The molecule has 8 nitrogen and oxygen atoms in total. The molecule has 0 aliphatic carbocycles. The van der Waals surface area contributed by atoms with Crippen LogP contribution in [0.4, 0.5) is 0 Å². The number of hydrogen-bond donors (Lipinski definition) is 2. The third-order valence-corrected chi connectivity index (χ3v) is 5.84. The second-order valence-corrected chi connectivity index (χ2v) is 9.33. The Morgan fingerprint density at radius 2 is 1.81 bits per heavy atom. The number of pyridine rings is 1. The summed E-state index contributed by atoms with van der Waals surface area (Å²) in [6.07, 6.45) is 3.24. The molecule has 0 aliphatic rings. The number of benzene rings is 2. The van der Waals surface area contributed by atoms with Crippen LogP contribution in [0.1, 0.15) is 21.6 Å². The molecule has 1 heterocycles. The monoisotopic (exact) mass is 468 g/mol. The van der Waals surface area contributed by atoms with Crippen LogP contribution in [0.15, 0.2) is 77.8 Å². The SMILES string of the molecule is CS(=O)(=O)c1cccc(C(=O)N(Oc2ccc(C(=S)Cc3ccccn3)cc2)C(=N)N)c1. The molecule has 0 saturated carbocycles. The molecule has 2 aromatic carbocycles. The first-order valence-corrected chi connectivity index (χ1v) is 11.6. The molecule has 0 fully saturated rings. The number of thiocarbonyl (C=S) groups is 1. The molecule has 3 aromatic rings. The molecule has 32 heavy (non-hydrogen) atoms. The first-order chi connectivity index (χ1) is 15.1. The maximum Gasteiger partial charge on any atom is 0.294 e. The summed E-state index contributed by atoms with van der Waals surface area (Å²) < 4.78 is 23.5. The Balaban J connectivity index is 1.76. The fourth-order valence-corrected chi connectivity index (χ4v) is 3.70. The number of rotatable bonds is 7. The average molecular weight is 469 g/mol. The van der Waals surface area contributed by atoms with E-state index in [1.54, 1.807) is 30.5 Å². The van der Waals surface area contributed by atoms with Crippen LogP contribution in [0, 0.1) is 5.41 Å². The lowest BCUT2D eigenvalue weighted by Crippen LogP contribution is -2.43. The van der Waals surface area contributed by atoms with Crippen molar-refractivity contribution < 1.29 is 18.0 Å². The van der Waals surface area contributed by atoms with Crippen LogP contribution in [-0.2, 0) is 16.3 Å². The van der Waals surface area contributed by atoms with Gasteiger partial charge in [0.2, 0.25) is 5.96 Å². The van der Waals surface area contributed by atoms with Crippen LogP contribution in [0.25, 0.3) is 0 Å². The molecule has 3 N–H and O–H groups in total. The topological polar surface area (TPSA) is 126 Å². The molecule has 0 saturated heterocycles. The van der Waals surface area contributed by atoms with Crippen molar-refractivity contribution in [1.29, 1.82) is 5.41 Å². The molecular formula is C22H20N4O4S2. The molecule has 0 unspecified atom stereocenters. The molecule has 164 valence electrons. The fraction of sp³-hybridized carbons (Fsp3) is 0.0909. The number of amides is 1. The van der Waals surface area contributed by atoms with Gasteiger partial charge >= 0.3 is 0 Å². The van der Waals surface area contributed by atoms with Gasteiger partial charge in [-0.2, -0.15) is 0 Å². The van der Waals surface area contributed by atoms with Gasteiger partial charge in [-0.05, 0) is 48.0 Å². The number of nitrogens with two attached hydrogens (primary N) is 1. The average Bonchev–Trinajstić information content (AvgIpc) is 2.77. The number of nitrogens with zero attached hydrogens (tertiary/aromatic N) is 2. The Morgan fingerprint density at radius 3 is 2.41 bits per heavy atom. The summed E-state index contributed by atoms with van der Waals surface area (Å²) in [6, 6.07) is 17.7. The standard InChI is InChI=1S/C22H20N4O4S2/c1-32(28,29)19-7-4-5-16(13-19)21(27)26(22(23)24)30-18-10-8-15(9-11-18)20(31)14-17-6-2-3-12-25-17/h2-13H,14H2,1H3,(H3,23,24). The summed E-state index contributed by atoms with van der Waals surface area (Å²) >= 11 is 5.47. The third kappa shape index (κ3) is 5.74. The predicted octanol–water partition coefficient (Wildman–Crippen LogP) is 2.78.